The molecule has 1 saturated heterocycles. The third-order valence-electron chi connectivity index (χ3n) is 5.66. The average Bonchev–Trinajstić information content (AvgIpc) is 2.79. The van der Waals surface area contributed by atoms with Gasteiger partial charge in [0.1, 0.15) is 17.7 Å². The molecule has 168 valence electrons. The van der Waals surface area contributed by atoms with Gasteiger partial charge >= 0.3 is 0 Å². The predicted octanol–water partition coefficient (Wildman–Crippen LogP) is 6.20. The second kappa shape index (κ2) is 10.6. The lowest BCUT2D eigenvalue weighted by Gasteiger charge is -2.36. The maximum atomic E-state index is 13.4. The summed E-state index contributed by atoms with van der Waals surface area (Å²) >= 11 is 12.4. The summed E-state index contributed by atoms with van der Waals surface area (Å²) in [5.74, 6) is -0.601. The van der Waals surface area contributed by atoms with Crippen molar-refractivity contribution in [1.82, 2.24) is 4.90 Å². The van der Waals surface area contributed by atoms with Crippen molar-refractivity contribution >= 4 is 28.9 Å². The topological polar surface area (TPSA) is 15.7 Å². The average molecular weight is 477 g/mol. The molecule has 0 N–H and O–H groups in total. The second-order valence-corrected chi connectivity index (χ2v) is 8.62. The summed E-state index contributed by atoms with van der Waals surface area (Å²) in [5.41, 5.74) is 2.67. The van der Waals surface area contributed by atoms with E-state index in [0.717, 1.165) is 49.5 Å². The van der Waals surface area contributed by atoms with Crippen molar-refractivity contribution in [3.8, 4) is 0 Å². The molecule has 0 saturated carbocycles. The summed E-state index contributed by atoms with van der Waals surface area (Å²) in [5, 5.41) is 1.29. The molecule has 0 amide bonds. The van der Waals surface area contributed by atoms with Crippen molar-refractivity contribution in [1.29, 1.82) is 0 Å². The number of benzene rings is 3. The summed E-state index contributed by atoms with van der Waals surface area (Å²) in [6.45, 7) is 4.77. The Kier molecular flexibility index (Phi) is 7.63. The summed E-state index contributed by atoms with van der Waals surface area (Å²) in [4.78, 5) is 4.60. The fraction of sp³-hybridized carbons (Fsp3) is 0.280. The third kappa shape index (κ3) is 5.78. The van der Waals surface area contributed by atoms with Crippen LogP contribution in [0, 0.1) is 11.6 Å². The van der Waals surface area contributed by atoms with Gasteiger partial charge in [-0.05, 0) is 53.6 Å². The Morgan fingerprint density at radius 1 is 0.781 bits per heavy atom. The lowest BCUT2D eigenvalue weighted by Crippen LogP contribution is -2.47. The molecule has 0 unspecified atom stereocenters. The second-order valence-electron chi connectivity index (χ2n) is 7.78. The molecule has 1 heterocycles. The van der Waals surface area contributed by atoms with Crippen LogP contribution in [0.1, 0.15) is 17.2 Å². The molecular formula is C25H24Cl2F2N2O. The first-order valence-electron chi connectivity index (χ1n) is 10.5. The summed E-state index contributed by atoms with van der Waals surface area (Å²) in [6, 6.07) is 18.1. The minimum absolute atomic E-state index is 0.301. The Morgan fingerprint density at radius 2 is 1.34 bits per heavy atom. The van der Waals surface area contributed by atoms with E-state index >= 15 is 0 Å². The van der Waals surface area contributed by atoms with Crippen LogP contribution in [0.25, 0.3) is 0 Å². The van der Waals surface area contributed by atoms with E-state index < -0.39 is 0 Å². The minimum atomic E-state index is -0.384. The normalized spacial score (nSPS) is 14.8. The van der Waals surface area contributed by atoms with Crippen LogP contribution in [0.15, 0.2) is 66.7 Å². The molecule has 3 aromatic rings. The van der Waals surface area contributed by atoms with Gasteiger partial charge in [0.2, 0.25) is 0 Å². The van der Waals surface area contributed by atoms with Crippen LogP contribution in [-0.2, 0) is 4.74 Å². The smallest absolute Gasteiger partial charge is 0.123 e. The van der Waals surface area contributed by atoms with Crippen molar-refractivity contribution < 1.29 is 13.5 Å². The zero-order chi connectivity index (χ0) is 22.5. The monoisotopic (exact) mass is 476 g/mol. The molecule has 7 heteroatoms. The van der Waals surface area contributed by atoms with E-state index in [-0.39, 0.29) is 17.7 Å². The van der Waals surface area contributed by atoms with Crippen LogP contribution in [-0.4, -0.2) is 44.2 Å². The van der Waals surface area contributed by atoms with E-state index in [2.05, 4.69) is 9.80 Å². The van der Waals surface area contributed by atoms with Gasteiger partial charge < -0.3 is 9.64 Å². The highest BCUT2D eigenvalue weighted by molar-refractivity contribution is 6.36. The van der Waals surface area contributed by atoms with Gasteiger partial charge in [-0.2, -0.15) is 0 Å². The molecule has 3 nitrogen and oxygen atoms in total. The quantitative estimate of drug-likeness (QED) is 0.403. The first-order valence-corrected chi connectivity index (χ1v) is 11.3. The molecule has 1 aliphatic rings. The van der Waals surface area contributed by atoms with Crippen molar-refractivity contribution in [2.24, 2.45) is 0 Å². The van der Waals surface area contributed by atoms with Gasteiger partial charge in [0.25, 0.3) is 0 Å². The molecule has 32 heavy (non-hydrogen) atoms. The van der Waals surface area contributed by atoms with Crippen molar-refractivity contribution in [2.45, 2.75) is 6.10 Å². The summed E-state index contributed by atoms with van der Waals surface area (Å²) < 4.78 is 33.0. The first-order chi connectivity index (χ1) is 15.5. The van der Waals surface area contributed by atoms with Gasteiger partial charge in [-0.3, -0.25) is 4.90 Å². The van der Waals surface area contributed by atoms with E-state index in [9.17, 15) is 8.78 Å². The van der Waals surface area contributed by atoms with Gasteiger partial charge in [0.05, 0.1) is 17.3 Å². The van der Waals surface area contributed by atoms with Gasteiger partial charge in [-0.1, -0.05) is 47.5 Å². The molecule has 0 atom stereocenters. The summed E-state index contributed by atoms with van der Waals surface area (Å²) in [7, 11) is 0. The van der Waals surface area contributed by atoms with Gasteiger partial charge in [0.15, 0.2) is 0 Å². The largest absolute Gasteiger partial charge is 0.368 e. The summed E-state index contributed by atoms with van der Waals surface area (Å²) in [6.07, 6.45) is -0.384. The Morgan fingerprint density at radius 3 is 1.88 bits per heavy atom. The number of ether oxygens (including phenoxy) is 1. The first kappa shape index (κ1) is 23.0. The molecule has 1 aliphatic heterocycles. The van der Waals surface area contributed by atoms with Crippen molar-refractivity contribution in [3.63, 3.8) is 0 Å². The molecule has 4 rings (SSSR count). The highest BCUT2D eigenvalue weighted by Gasteiger charge is 2.20. The number of anilines is 1. The standard InChI is InChI=1S/C25H24Cl2F2N2O/c26-20-5-10-24(23(27)17-20)31-13-11-30(12-14-31)15-16-32-25(18-1-6-21(28)7-2-18)19-3-8-22(29)9-4-19/h1-10,17,25H,11-16H2. The lowest BCUT2D eigenvalue weighted by molar-refractivity contribution is 0.0586. The van der Waals surface area contributed by atoms with Crippen LogP contribution in [0.3, 0.4) is 0 Å². The number of halogens is 4. The molecular weight excluding hydrogens is 453 g/mol. The van der Waals surface area contributed by atoms with Crippen LogP contribution < -0.4 is 4.90 Å². The van der Waals surface area contributed by atoms with Gasteiger partial charge in [0, 0.05) is 37.7 Å². The molecule has 0 spiro atoms. The number of rotatable bonds is 7. The molecule has 1 fully saturated rings. The van der Waals surface area contributed by atoms with E-state index in [1.165, 1.54) is 24.3 Å². The SMILES string of the molecule is Fc1ccc(C(OCCN2CCN(c3ccc(Cl)cc3Cl)CC2)c2ccc(F)cc2)cc1. The zero-order valence-electron chi connectivity index (χ0n) is 17.5. The van der Waals surface area contributed by atoms with Crippen molar-refractivity contribution in [2.75, 3.05) is 44.2 Å². The molecule has 3 aromatic carbocycles. The zero-order valence-corrected chi connectivity index (χ0v) is 19.0. The van der Waals surface area contributed by atoms with Crippen LogP contribution in [0.5, 0.6) is 0 Å². The Balaban J connectivity index is 1.34. The number of piperazine rings is 1. The molecule has 0 aromatic heterocycles. The third-order valence-corrected chi connectivity index (χ3v) is 6.20. The molecule has 0 aliphatic carbocycles. The lowest BCUT2D eigenvalue weighted by atomic mass is 10.0. The van der Waals surface area contributed by atoms with Crippen LogP contribution in [0.4, 0.5) is 14.5 Å². The van der Waals surface area contributed by atoms with Crippen molar-refractivity contribution in [3.05, 3.63) is 99.5 Å². The van der Waals surface area contributed by atoms with E-state index in [4.69, 9.17) is 27.9 Å². The highest BCUT2D eigenvalue weighted by atomic mass is 35.5. The van der Waals surface area contributed by atoms with E-state index in [1.54, 1.807) is 30.3 Å². The Hall–Kier alpha value is -2.18. The fourth-order valence-electron chi connectivity index (χ4n) is 3.91. The minimum Gasteiger partial charge on any atom is -0.368 e. The Bertz CT molecular complexity index is 978. The number of nitrogens with zero attached hydrogens (tertiary/aromatic N) is 2. The Labute approximate surface area is 197 Å². The van der Waals surface area contributed by atoms with Crippen LogP contribution in [0.2, 0.25) is 10.0 Å². The fourth-order valence-corrected chi connectivity index (χ4v) is 4.44. The van der Waals surface area contributed by atoms with E-state index in [0.29, 0.717) is 16.7 Å². The number of hydrogen-bond donors (Lipinski definition) is 0. The van der Waals surface area contributed by atoms with Gasteiger partial charge in [-0.15, -0.1) is 0 Å². The molecule has 0 radical (unpaired) electrons. The van der Waals surface area contributed by atoms with Crippen LogP contribution >= 0.6 is 23.2 Å². The number of hydrogen-bond acceptors (Lipinski definition) is 3. The maximum Gasteiger partial charge on any atom is 0.123 e. The van der Waals surface area contributed by atoms with E-state index in [1.807, 2.05) is 12.1 Å². The predicted molar refractivity (Wildman–Crippen MR) is 126 cm³/mol. The molecule has 0 bridgehead atoms. The highest BCUT2D eigenvalue weighted by Crippen LogP contribution is 2.30. The maximum absolute atomic E-state index is 13.4. The van der Waals surface area contributed by atoms with Gasteiger partial charge in [-0.25, -0.2) is 8.78 Å².